The van der Waals surface area contributed by atoms with Gasteiger partial charge in [-0.25, -0.2) is 0 Å². The van der Waals surface area contributed by atoms with Crippen molar-refractivity contribution < 1.29 is 9.59 Å². The molecule has 0 radical (unpaired) electrons. The predicted molar refractivity (Wildman–Crippen MR) is 79.2 cm³/mol. The quantitative estimate of drug-likeness (QED) is 0.778. The van der Waals surface area contributed by atoms with E-state index in [2.05, 4.69) is 6.92 Å². The number of amides is 2. The van der Waals surface area contributed by atoms with Crippen molar-refractivity contribution >= 4 is 11.8 Å². The van der Waals surface area contributed by atoms with E-state index in [9.17, 15) is 9.59 Å². The van der Waals surface area contributed by atoms with E-state index in [0.29, 0.717) is 5.92 Å². The molecular weight excluding hydrogens is 252 g/mol. The van der Waals surface area contributed by atoms with Gasteiger partial charge in [0.25, 0.3) is 0 Å². The van der Waals surface area contributed by atoms with Gasteiger partial charge in [0, 0.05) is 25.6 Å². The van der Waals surface area contributed by atoms with Gasteiger partial charge in [-0.1, -0.05) is 20.8 Å². The number of rotatable bonds is 2. The van der Waals surface area contributed by atoms with Crippen molar-refractivity contribution in [2.45, 2.75) is 58.9 Å². The summed E-state index contributed by atoms with van der Waals surface area (Å²) in [5.41, 5.74) is 0. The third-order valence-electron chi connectivity index (χ3n) is 4.53. The number of hydrogen-bond acceptors (Lipinski definition) is 2. The highest BCUT2D eigenvalue weighted by atomic mass is 16.2. The molecule has 0 bridgehead atoms. The molecule has 4 nitrogen and oxygen atoms in total. The molecular formula is C16H28N2O2. The van der Waals surface area contributed by atoms with Crippen LogP contribution in [0.25, 0.3) is 0 Å². The van der Waals surface area contributed by atoms with Crippen LogP contribution in [0.1, 0.15) is 52.9 Å². The van der Waals surface area contributed by atoms with Gasteiger partial charge in [-0.2, -0.15) is 0 Å². The second-order valence-corrected chi connectivity index (χ2v) is 6.73. The third kappa shape index (κ3) is 3.33. The van der Waals surface area contributed by atoms with E-state index in [1.165, 1.54) is 6.42 Å². The predicted octanol–water partition coefficient (Wildman–Crippen LogP) is 2.28. The fourth-order valence-corrected chi connectivity index (χ4v) is 3.38. The highest BCUT2D eigenvalue weighted by molar-refractivity contribution is 5.88. The lowest BCUT2D eigenvalue weighted by molar-refractivity contribution is -0.150. The zero-order chi connectivity index (χ0) is 14.7. The summed E-state index contributed by atoms with van der Waals surface area (Å²) in [5, 5.41) is 0. The van der Waals surface area contributed by atoms with E-state index >= 15 is 0 Å². The van der Waals surface area contributed by atoms with Gasteiger partial charge >= 0.3 is 0 Å². The van der Waals surface area contributed by atoms with Crippen LogP contribution in [0.15, 0.2) is 0 Å². The first-order chi connectivity index (χ1) is 9.50. The summed E-state index contributed by atoms with van der Waals surface area (Å²) >= 11 is 0. The summed E-state index contributed by atoms with van der Waals surface area (Å²) in [6.07, 6.45) is 5.23. The zero-order valence-electron chi connectivity index (χ0n) is 13.1. The maximum atomic E-state index is 12.8. The van der Waals surface area contributed by atoms with Crippen LogP contribution in [-0.4, -0.2) is 47.3 Å². The van der Waals surface area contributed by atoms with Crippen LogP contribution >= 0.6 is 0 Å². The Morgan fingerprint density at radius 3 is 2.45 bits per heavy atom. The minimum atomic E-state index is -0.205. The Morgan fingerprint density at radius 2 is 1.80 bits per heavy atom. The van der Waals surface area contributed by atoms with Crippen LogP contribution in [-0.2, 0) is 9.59 Å². The minimum absolute atomic E-state index is 0.0244. The van der Waals surface area contributed by atoms with Crippen molar-refractivity contribution in [1.29, 1.82) is 0 Å². The first kappa shape index (κ1) is 15.3. The summed E-state index contributed by atoms with van der Waals surface area (Å²) in [6.45, 7) is 8.51. The van der Waals surface area contributed by atoms with Crippen LogP contribution in [0, 0.1) is 11.8 Å². The topological polar surface area (TPSA) is 40.6 Å². The molecule has 0 aromatic carbocycles. The Bertz CT molecular complexity index is 367. The molecule has 0 saturated carbocycles. The van der Waals surface area contributed by atoms with Crippen molar-refractivity contribution in [1.82, 2.24) is 9.80 Å². The maximum Gasteiger partial charge on any atom is 0.245 e. The van der Waals surface area contributed by atoms with Gasteiger partial charge in [0.1, 0.15) is 6.04 Å². The molecule has 0 N–H and O–H groups in total. The number of nitrogens with zero attached hydrogens (tertiary/aromatic N) is 2. The van der Waals surface area contributed by atoms with Crippen molar-refractivity contribution in [3.05, 3.63) is 0 Å². The molecule has 0 spiro atoms. The molecule has 2 atom stereocenters. The third-order valence-corrected chi connectivity index (χ3v) is 4.53. The highest BCUT2D eigenvalue weighted by Gasteiger charge is 2.36. The SMILES string of the molecule is CC1CCCN(C(=O)C2CCCCN2C(=O)C(C)C)C1. The molecule has 0 aliphatic carbocycles. The van der Waals surface area contributed by atoms with E-state index < -0.39 is 0 Å². The number of hydrogen-bond donors (Lipinski definition) is 0. The van der Waals surface area contributed by atoms with E-state index in [-0.39, 0.29) is 23.8 Å². The van der Waals surface area contributed by atoms with Crippen LogP contribution < -0.4 is 0 Å². The van der Waals surface area contributed by atoms with Crippen molar-refractivity contribution in [2.75, 3.05) is 19.6 Å². The Morgan fingerprint density at radius 1 is 1.05 bits per heavy atom. The summed E-state index contributed by atoms with van der Waals surface area (Å²) in [7, 11) is 0. The Balaban J connectivity index is 2.07. The van der Waals surface area contributed by atoms with Crippen molar-refractivity contribution in [2.24, 2.45) is 11.8 Å². The van der Waals surface area contributed by atoms with Crippen LogP contribution in [0.3, 0.4) is 0 Å². The molecule has 2 amide bonds. The van der Waals surface area contributed by atoms with Crippen LogP contribution in [0.5, 0.6) is 0 Å². The van der Waals surface area contributed by atoms with Crippen LogP contribution in [0.4, 0.5) is 0 Å². The molecule has 2 aliphatic rings. The van der Waals surface area contributed by atoms with Gasteiger partial charge in [0.2, 0.25) is 11.8 Å². The average Bonchev–Trinajstić information content (AvgIpc) is 2.45. The summed E-state index contributed by atoms with van der Waals surface area (Å²) in [5.74, 6) is 0.882. The first-order valence-corrected chi connectivity index (χ1v) is 8.10. The molecule has 2 heterocycles. The number of carbonyl (C=O) groups is 2. The second-order valence-electron chi connectivity index (χ2n) is 6.73. The molecule has 2 rings (SSSR count). The smallest absolute Gasteiger partial charge is 0.245 e. The van der Waals surface area contributed by atoms with Crippen molar-refractivity contribution in [3.8, 4) is 0 Å². The van der Waals surface area contributed by atoms with E-state index in [0.717, 1.165) is 45.3 Å². The molecule has 2 aliphatic heterocycles. The molecule has 2 unspecified atom stereocenters. The fourth-order valence-electron chi connectivity index (χ4n) is 3.38. The average molecular weight is 280 g/mol. The summed E-state index contributed by atoms with van der Waals surface area (Å²) in [4.78, 5) is 28.9. The zero-order valence-corrected chi connectivity index (χ0v) is 13.1. The Kier molecular flexibility index (Phi) is 5.06. The Labute approximate surface area is 122 Å². The van der Waals surface area contributed by atoms with Gasteiger partial charge in [-0.15, -0.1) is 0 Å². The van der Waals surface area contributed by atoms with Gasteiger partial charge in [-0.3, -0.25) is 9.59 Å². The van der Waals surface area contributed by atoms with E-state index in [4.69, 9.17) is 0 Å². The van der Waals surface area contributed by atoms with Gasteiger partial charge in [0.05, 0.1) is 0 Å². The maximum absolute atomic E-state index is 12.8. The molecule has 2 saturated heterocycles. The molecule has 0 aromatic rings. The van der Waals surface area contributed by atoms with Crippen molar-refractivity contribution in [3.63, 3.8) is 0 Å². The lowest BCUT2D eigenvalue weighted by atomic mass is 9.95. The molecule has 2 fully saturated rings. The van der Waals surface area contributed by atoms with Crippen LogP contribution in [0.2, 0.25) is 0 Å². The minimum Gasteiger partial charge on any atom is -0.341 e. The second kappa shape index (κ2) is 6.59. The number of piperidine rings is 2. The molecule has 20 heavy (non-hydrogen) atoms. The van der Waals surface area contributed by atoms with Gasteiger partial charge < -0.3 is 9.80 Å². The number of likely N-dealkylation sites (tertiary alicyclic amines) is 2. The molecule has 4 heteroatoms. The Hall–Kier alpha value is -1.06. The summed E-state index contributed by atoms with van der Waals surface area (Å²) in [6, 6.07) is -0.205. The molecule has 114 valence electrons. The van der Waals surface area contributed by atoms with E-state index in [1.54, 1.807) is 0 Å². The standard InChI is InChI=1S/C16H28N2O2/c1-12(2)15(19)18-10-5-4-8-14(18)16(20)17-9-6-7-13(3)11-17/h12-14H,4-11H2,1-3H3. The van der Waals surface area contributed by atoms with E-state index in [1.807, 2.05) is 23.6 Å². The lowest BCUT2D eigenvalue weighted by Gasteiger charge is -2.40. The highest BCUT2D eigenvalue weighted by Crippen LogP contribution is 2.24. The summed E-state index contributed by atoms with van der Waals surface area (Å²) < 4.78 is 0. The number of carbonyl (C=O) groups excluding carboxylic acids is 2. The van der Waals surface area contributed by atoms with Gasteiger partial charge in [0.15, 0.2) is 0 Å². The van der Waals surface area contributed by atoms with Gasteiger partial charge in [-0.05, 0) is 38.0 Å². The first-order valence-electron chi connectivity index (χ1n) is 8.10. The monoisotopic (exact) mass is 280 g/mol. The largest absolute Gasteiger partial charge is 0.341 e. The molecule has 0 aromatic heterocycles. The normalized spacial score (nSPS) is 27.8. The lowest BCUT2D eigenvalue weighted by Crippen LogP contribution is -2.55. The fraction of sp³-hybridized carbons (Fsp3) is 0.875.